The number of aryl methyl sites for hydroxylation is 2. The summed E-state index contributed by atoms with van der Waals surface area (Å²) in [7, 11) is 0. The Morgan fingerprint density at radius 2 is 1.77 bits per heavy atom. The molecule has 0 spiro atoms. The smallest absolute Gasteiger partial charge is 0.291 e. The van der Waals surface area contributed by atoms with Gasteiger partial charge in [0.2, 0.25) is 5.76 Å². The Hall–Kier alpha value is -3.25. The number of furan rings is 1. The lowest BCUT2D eigenvalue weighted by atomic mass is 9.97. The maximum absolute atomic E-state index is 13.6. The molecule has 2 aromatic heterocycles. The van der Waals surface area contributed by atoms with Crippen molar-refractivity contribution in [3.63, 3.8) is 0 Å². The van der Waals surface area contributed by atoms with Crippen LogP contribution in [0.1, 0.15) is 44.6 Å². The molecule has 1 aliphatic rings. The molecule has 0 radical (unpaired) electrons. The van der Waals surface area contributed by atoms with Crippen molar-refractivity contribution in [1.82, 2.24) is 4.90 Å². The van der Waals surface area contributed by atoms with E-state index < -0.39 is 6.04 Å². The molecule has 0 saturated heterocycles. The molecule has 6 heteroatoms. The molecule has 5 rings (SSSR count). The number of benzene rings is 2. The fourth-order valence-corrected chi connectivity index (χ4v) is 4.55. The minimum atomic E-state index is -0.536. The number of fused-ring (bicyclic) bond motifs is 2. The molecule has 1 aliphatic heterocycles. The van der Waals surface area contributed by atoms with Crippen LogP contribution in [0.15, 0.2) is 73.3 Å². The second kappa shape index (κ2) is 7.46. The summed E-state index contributed by atoms with van der Waals surface area (Å²) in [6, 6.07) is 14.7. The molecule has 0 saturated carbocycles. The van der Waals surface area contributed by atoms with Gasteiger partial charge in [-0.3, -0.25) is 9.59 Å². The topological polar surface area (TPSA) is 63.7 Å². The summed E-state index contributed by atoms with van der Waals surface area (Å²) in [5.41, 5.74) is 3.57. The number of carbonyl (C=O) groups is 1. The van der Waals surface area contributed by atoms with Crippen molar-refractivity contribution in [3.8, 4) is 0 Å². The van der Waals surface area contributed by atoms with E-state index in [9.17, 15) is 9.59 Å². The summed E-state index contributed by atoms with van der Waals surface area (Å²) in [5, 5.41) is 0.500. The van der Waals surface area contributed by atoms with Gasteiger partial charge < -0.3 is 13.7 Å². The minimum Gasteiger partial charge on any atom is -0.467 e. The molecule has 0 fully saturated rings. The van der Waals surface area contributed by atoms with Gasteiger partial charge in [0.15, 0.2) is 5.43 Å². The van der Waals surface area contributed by atoms with E-state index in [2.05, 4.69) is 0 Å². The number of hydrogen-bond acceptors (Lipinski definition) is 5. The van der Waals surface area contributed by atoms with Crippen molar-refractivity contribution in [2.24, 2.45) is 0 Å². The number of thioether (sulfide) groups is 1. The molecule has 0 aliphatic carbocycles. The van der Waals surface area contributed by atoms with Gasteiger partial charge in [-0.25, -0.2) is 0 Å². The van der Waals surface area contributed by atoms with E-state index in [1.54, 1.807) is 29.0 Å². The number of rotatable bonds is 4. The summed E-state index contributed by atoms with van der Waals surface area (Å²) in [6.07, 6.45) is 3.59. The molecule has 4 aromatic rings. The Morgan fingerprint density at radius 1 is 1.03 bits per heavy atom. The zero-order valence-corrected chi connectivity index (χ0v) is 18.3. The molecule has 1 atom stereocenters. The summed E-state index contributed by atoms with van der Waals surface area (Å²) in [4.78, 5) is 29.8. The normalized spacial score (nSPS) is 15.6. The summed E-state index contributed by atoms with van der Waals surface area (Å²) in [5.74, 6) is 0.462. The van der Waals surface area contributed by atoms with Crippen LogP contribution in [0.4, 0.5) is 0 Å². The second-order valence-corrected chi connectivity index (χ2v) is 8.67. The molecular formula is C25H21NO4S. The van der Waals surface area contributed by atoms with E-state index >= 15 is 0 Å². The van der Waals surface area contributed by atoms with Gasteiger partial charge >= 0.3 is 0 Å². The first kappa shape index (κ1) is 19.7. The summed E-state index contributed by atoms with van der Waals surface area (Å²) in [6.45, 7) is 4.18. The standard InChI is InChI=1S/C25H21NO4S/c1-14-11-19-20(12-15(14)2)30-24-21(23(19)27)22(16-6-8-18(31-3)9-7-16)26(25(24)28)13-17-5-4-10-29-17/h4-12,22H,13H2,1-3H3/t22-/m0/s1. The van der Waals surface area contributed by atoms with Crippen LogP contribution in [0.3, 0.4) is 0 Å². The molecule has 0 N–H and O–H groups in total. The van der Waals surface area contributed by atoms with Crippen LogP contribution in [-0.4, -0.2) is 17.1 Å². The quantitative estimate of drug-likeness (QED) is 0.401. The van der Waals surface area contributed by atoms with Gasteiger partial charge in [0.1, 0.15) is 11.3 Å². The highest BCUT2D eigenvalue weighted by Gasteiger charge is 2.43. The zero-order chi connectivity index (χ0) is 21.7. The van der Waals surface area contributed by atoms with E-state index in [4.69, 9.17) is 8.83 Å². The van der Waals surface area contributed by atoms with Crippen molar-refractivity contribution in [1.29, 1.82) is 0 Å². The SMILES string of the molecule is CSc1ccc([C@H]2c3c(oc4cc(C)c(C)cc4c3=O)C(=O)N2Cc2ccco2)cc1. The van der Waals surface area contributed by atoms with Crippen LogP contribution < -0.4 is 5.43 Å². The molecule has 3 heterocycles. The average molecular weight is 432 g/mol. The lowest BCUT2D eigenvalue weighted by Crippen LogP contribution is -2.29. The first-order valence-corrected chi connectivity index (χ1v) is 11.3. The van der Waals surface area contributed by atoms with Gasteiger partial charge in [-0.15, -0.1) is 11.8 Å². The first-order chi connectivity index (χ1) is 15.0. The highest BCUT2D eigenvalue weighted by atomic mass is 32.2. The van der Waals surface area contributed by atoms with E-state index in [1.165, 1.54) is 0 Å². The van der Waals surface area contributed by atoms with Gasteiger partial charge in [0.25, 0.3) is 5.91 Å². The van der Waals surface area contributed by atoms with Crippen molar-refractivity contribution in [3.05, 3.63) is 98.8 Å². The monoisotopic (exact) mass is 431 g/mol. The van der Waals surface area contributed by atoms with Crippen LogP contribution >= 0.6 is 11.8 Å². The van der Waals surface area contributed by atoms with Crippen LogP contribution in [0.5, 0.6) is 0 Å². The Balaban J connectivity index is 1.74. The Kier molecular flexibility index (Phi) is 4.74. The van der Waals surface area contributed by atoms with E-state index in [0.717, 1.165) is 21.6 Å². The summed E-state index contributed by atoms with van der Waals surface area (Å²) >= 11 is 1.64. The van der Waals surface area contributed by atoms with Crippen LogP contribution in [0, 0.1) is 13.8 Å². The highest BCUT2D eigenvalue weighted by molar-refractivity contribution is 7.98. The van der Waals surface area contributed by atoms with Gasteiger partial charge in [0, 0.05) is 4.90 Å². The van der Waals surface area contributed by atoms with E-state index in [1.807, 2.05) is 62.6 Å². The zero-order valence-electron chi connectivity index (χ0n) is 17.5. The molecule has 1 amide bonds. The third kappa shape index (κ3) is 3.18. The van der Waals surface area contributed by atoms with Crippen LogP contribution in [0.2, 0.25) is 0 Å². The van der Waals surface area contributed by atoms with Crippen molar-refractivity contribution in [2.75, 3.05) is 6.26 Å². The first-order valence-electron chi connectivity index (χ1n) is 10.0. The fourth-order valence-electron chi connectivity index (χ4n) is 4.14. The van der Waals surface area contributed by atoms with E-state index in [0.29, 0.717) is 22.3 Å². The molecular weight excluding hydrogens is 410 g/mol. The Bertz CT molecular complexity index is 1350. The van der Waals surface area contributed by atoms with Gasteiger partial charge in [-0.05, 0) is 73.2 Å². The predicted octanol–water partition coefficient (Wildman–Crippen LogP) is 5.47. The lowest BCUT2D eigenvalue weighted by molar-refractivity contribution is 0.0701. The fraction of sp³-hybridized carbons (Fsp3) is 0.200. The second-order valence-electron chi connectivity index (χ2n) is 7.79. The van der Waals surface area contributed by atoms with Crippen molar-refractivity contribution >= 4 is 28.6 Å². The van der Waals surface area contributed by atoms with Gasteiger partial charge in [-0.1, -0.05) is 12.1 Å². The molecule has 5 nitrogen and oxygen atoms in total. The van der Waals surface area contributed by atoms with Crippen molar-refractivity contribution in [2.45, 2.75) is 31.3 Å². The highest BCUT2D eigenvalue weighted by Crippen LogP contribution is 2.39. The number of carbonyl (C=O) groups excluding carboxylic acids is 1. The summed E-state index contributed by atoms with van der Waals surface area (Å²) < 4.78 is 11.5. The van der Waals surface area contributed by atoms with Gasteiger partial charge in [-0.2, -0.15) is 0 Å². The Labute approximate surface area is 183 Å². The third-order valence-corrected chi connectivity index (χ3v) is 6.66. The third-order valence-electron chi connectivity index (χ3n) is 5.92. The average Bonchev–Trinajstić information content (AvgIpc) is 3.38. The number of nitrogens with zero attached hydrogens (tertiary/aromatic N) is 1. The van der Waals surface area contributed by atoms with E-state index in [-0.39, 0.29) is 23.6 Å². The number of hydrogen-bond donors (Lipinski definition) is 0. The minimum absolute atomic E-state index is 0.117. The molecule has 156 valence electrons. The lowest BCUT2D eigenvalue weighted by Gasteiger charge is -2.24. The largest absolute Gasteiger partial charge is 0.467 e. The van der Waals surface area contributed by atoms with Gasteiger partial charge in [0.05, 0.1) is 29.8 Å². The maximum Gasteiger partial charge on any atom is 0.291 e. The molecule has 31 heavy (non-hydrogen) atoms. The number of amides is 1. The predicted molar refractivity (Wildman–Crippen MR) is 121 cm³/mol. The molecule has 2 aromatic carbocycles. The van der Waals surface area contributed by atoms with Crippen molar-refractivity contribution < 1.29 is 13.6 Å². The molecule has 0 bridgehead atoms. The van der Waals surface area contributed by atoms with Crippen LogP contribution in [0.25, 0.3) is 11.0 Å². The molecule has 0 unspecified atom stereocenters. The Morgan fingerprint density at radius 3 is 2.45 bits per heavy atom. The van der Waals surface area contributed by atoms with Crippen LogP contribution in [-0.2, 0) is 6.54 Å². The maximum atomic E-state index is 13.6.